The first-order valence-electron chi connectivity index (χ1n) is 6.86. The summed E-state index contributed by atoms with van der Waals surface area (Å²) in [5.74, 6) is 0.429. The summed E-state index contributed by atoms with van der Waals surface area (Å²) in [7, 11) is 1.83. The van der Waals surface area contributed by atoms with Crippen LogP contribution in [0.4, 0.5) is 5.82 Å². The second-order valence-electron chi connectivity index (χ2n) is 5.32. The third kappa shape index (κ3) is 2.35. The number of carbonyl (C=O) groups is 1. The third-order valence-electron chi connectivity index (χ3n) is 3.48. The van der Waals surface area contributed by atoms with Crippen molar-refractivity contribution in [2.45, 2.75) is 19.8 Å². The maximum Gasteiger partial charge on any atom is 0.295 e. The zero-order chi connectivity index (χ0) is 15.9. The summed E-state index contributed by atoms with van der Waals surface area (Å²) in [6.45, 7) is 4.20. The highest BCUT2D eigenvalue weighted by Crippen LogP contribution is 2.35. The van der Waals surface area contributed by atoms with Crippen molar-refractivity contribution in [3.8, 4) is 0 Å². The van der Waals surface area contributed by atoms with E-state index in [2.05, 4.69) is 29.4 Å². The Bertz CT molecular complexity index is 837. The van der Waals surface area contributed by atoms with Crippen LogP contribution in [0.3, 0.4) is 0 Å². The van der Waals surface area contributed by atoms with Gasteiger partial charge in [0.25, 0.3) is 5.91 Å². The predicted molar refractivity (Wildman–Crippen MR) is 84.3 cm³/mol. The zero-order valence-corrected chi connectivity index (χ0v) is 13.2. The molecular weight excluding hydrogens is 304 g/mol. The predicted octanol–water partition coefficient (Wildman–Crippen LogP) is 3.59. The first kappa shape index (κ1) is 14.6. The molecule has 0 fully saturated rings. The summed E-state index contributed by atoms with van der Waals surface area (Å²) in [6.07, 6.45) is 1.41. The number of fused-ring (bicyclic) bond motifs is 1. The van der Waals surface area contributed by atoms with Gasteiger partial charge in [-0.3, -0.25) is 9.48 Å². The molecule has 0 saturated heterocycles. The summed E-state index contributed by atoms with van der Waals surface area (Å²) < 4.78 is 6.58. The number of nitrogens with zero attached hydrogens (tertiary/aromatic N) is 3. The lowest BCUT2D eigenvalue weighted by atomic mass is 10.0. The Hall–Kier alpha value is -2.34. The largest absolute Gasteiger partial charge is 0.351 e. The maximum absolute atomic E-state index is 12.1. The Morgan fingerprint density at radius 1 is 1.36 bits per heavy atom. The van der Waals surface area contributed by atoms with Crippen molar-refractivity contribution in [1.29, 1.82) is 0 Å². The molecule has 2 heterocycles. The molecule has 1 amide bonds. The van der Waals surface area contributed by atoms with Crippen LogP contribution in [0.25, 0.3) is 10.9 Å². The Balaban J connectivity index is 2.11. The Kier molecular flexibility index (Phi) is 3.62. The van der Waals surface area contributed by atoms with Crippen molar-refractivity contribution in [3.63, 3.8) is 0 Å². The quantitative estimate of drug-likeness (QED) is 0.801. The second kappa shape index (κ2) is 5.46. The van der Waals surface area contributed by atoms with E-state index in [4.69, 9.17) is 16.1 Å². The SMILES string of the molecule is CC(C)c1ccc(Cl)c2c(NC(=O)c3ccno3)nn(C)c12. The molecule has 1 N–H and O–H groups in total. The summed E-state index contributed by atoms with van der Waals surface area (Å²) in [5, 5.41) is 11.9. The summed E-state index contributed by atoms with van der Waals surface area (Å²) in [5.41, 5.74) is 2.03. The molecule has 3 rings (SSSR count). The highest BCUT2D eigenvalue weighted by atomic mass is 35.5. The normalized spacial score (nSPS) is 11.3. The first-order valence-corrected chi connectivity index (χ1v) is 7.24. The Morgan fingerprint density at radius 2 is 2.14 bits per heavy atom. The van der Waals surface area contributed by atoms with Crippen LogP contribution in [0.15, 0.2) is 28.9 Å². The van der Waals surface area contributed by atoms with Crippen molar-refractivity contribution in [1.82, 2.24) is 14.9 Å². The fourth-order valence-electron chi connectivity index (χ4n) is 2.46. The number of halogens is 1. The highest BCUT2D eigenvalue weighted by Gasteiger charge is 2.20. The molecule has 2 aromatic heterocycles. The molecule has 0 unspecified atom stereocenters. The smallest absolute Gasteiger partial charge is 0.295 e. The number of aromatic nitrogens is 3. The molecule has 0 radical (unpaired) electrons. The van der Waals surface area contributed by atoms with E-state index in [1.807, 2.05) is 19.2 Å². The molecule has 7 heteroatoms. The highest BCUT2D eigenvalue weighted by molar-refractivity contribution is 6.36. The molecule has 3 aromatic rings. The fraction of sp³-hybridized carbons (Fsp3) is 0.267. The molecule has 22 heavy (non-hydrogen) atoms. The van der Waals surface area contributed by atoms with E-state index < -0.39 is 5.91 Å². The van der Waals surface area contributed by atoms with Gasteiger partial charge in [0.1, 0.15) is 0 Å². The Morgan fingerprint density at radius 3 is 2.77 bits per heavy atom. The molecule has 0 spiro atoms. The number of carbonyl (C=O) groups excluding carboxylic acids is 1. The molecule has 0 saturated carbocycles. The summed E-state index contributed by atoms with van der Waals surface area (Å²) >= 11 is 6.32. The molecule has 114 valence electrons. The number of hydrogen-bond acceptors (Lipinski definition) is 4. The second-order valence-corrected chi connectivity index (χ2v) is 5.73. The van der Waals surface area contributed by atoms with E-state index in [1.165, 1.54) is 12.3 Å². The minimum Gasteiger partial charge on any atom is -0.351 e. The van der Waals surface area contributed by atoms with Gasteiger partial charge in [-0.15, -0.1) is 0 Å². The minimum atomic E-state index is -0.413. The molecule has 0 aliphatic rings. The number of nitrogens with one attached hydrogen (secondary N) is 1. The van der Waals surface area contributed by atoms with Crippen molar-refractivity contribution < 1.29 is 9.32 Å². The van der Waals surface area contributed by atoms with Gasteiger partial charge in [0, 0.05) is 13.1 Å². The maximum atomic E-state index is 12.1. The van der Waals surface area contributed by atoms with Crippen LogP contribution in [-0.2, 0) is 7.05 Å². The van der Waals surface area contributed by atoms with E-state index in [0.29, 0.717) is 16.8 Å². The van der Waals surface area contributed by atoms with Crippen molar-refractivity contribution in [2.75, 3.05) is 5.32 Å². The molecule has 0 bridgehead atoms. The zero-order valence-electron chi connectivity index (χ0n) is 12.4. The van der Waals surface area contributed by atoms with Gasteiger partial charge in [0.05, 0.1) is 22.1 Å². The molecule has 0 aliphatic carbocycles. The van der Waals surface area contributed by atoms with Crippen molar-refractivity contribution in [3.05, 3.63) is 40.7 Å². The van der Waals surface area contributed by atoms with Gasteiger partial charge in [-0.1, -0.05) is 36.7 Å². The lowest BCUT2D eigenvalue weighted by Crippen LogP contribution is -2.11. The van der Waals surface area contributed by atoms with Gasteiger partial charge in [0.15, 0.2) is 5.82 Å². The summed E-state index contributed by atoms with van der Waals surface area (Å²) in [4.78, 5) is 12.1. The van der Waals surface area contributed by atoms with Crippen LogP contribution >= 0.6 is 11.6 Å². The van der Waals surface area contributed by atoms with Crippen LogP contribution in [-0.4, -0.2) is 20.8 Å². The Labute approximate surface area is 132 Å². The van der Waals surface area contributed by atoms with Gasteiger partial charge in [0.2, 0.25) is 5.76 Å². The van der Waals surface area contributed by atoms with Gasteiger partial charge < -0.3 is 9.84 Å². The van der Waals surface area contributed by atoms with E-state index >= 15 is 0 Å². The van der Waals surface area contributed by atoms with Crippen LogP contribution in [0.5, 0.6) is 0 Å². The number of benzene rings is 1. The van der Waals surface area contributed by atoms with Crippen molar-refractivity contribution in [2.24, 2.45) is 7.05 Å². The lowest BCUT2D eigenvalue weighted by Gasteiger charge is -2.09. The lowest BCUT2D eigenvalue weighted by molar-refractivity contribution is 0.0987. The molecule has 0 atom stereocenters. The minimum absolute atomic E-state index is 0.120. The van der Waals surface area contributed by atoms with E-state index in [1.54, 1.807) is 4.68 Å². The van der Waals surface area contributed by atoms with Crippen LogP contribution in [0.2, 0.25) is 5.02 Å². The van der Waals surface area contributed by atoms with Crippen LogP contribution in [0, 0.1) is 0 Å². The van der Waals surface area contributed by atoms with E-state index in [0.717, 1.165) is 16.5 Å². The third-order valence-corrected chi connectivity index (χ3v) is 3.80. The fourth-order valence-corrected chi connectivity index (χ4v) is 2.70. The van der Waals surface area contributed by atoms with Gasteiger partial charge in [-0.05, 0) is 17.5 Å². The number of hydrogen-bond donors (Lipinski definition) is 1. The van der Waals surface area contributed by atoms with Gasteiger partial charge in [-0.25, -0.2) is 0 Å². The number of aryl methyl sites for hydroxylation is 1. The average Bonchev–Trinajstić information content (AvgIpc) is 3.08. The van der Waals surface area contributed by atoms with Crippen LogP contribution in [0.1, 0.15) is 35.9 Å². The topological polar surface area (TPSA) is 73.0 Å². The number of rotatable bonds is 3. The first-order chi connectivity index (χ1) is 10.5. The number of amides is 1. The van der Waals surface area contributed by atoms with E-state index in [9.17, 15) is 4.79 Å². The molecule has 1 aromatic carbocycles. The van der Waals surface area contributed by atoms with Crippen LogP contribution < -0.4 is 5.32 Å². The molecular formula is C15H15ClN4O2. The monoisotopic (exact) mass is 318 g/mol. The van der Waals surface area contributed by atoms with E-state index in [-0.39, 0.29) is 5.76 Å². The summed E-state index contributed by atoms with van der Waals surface area (Å²) in [6, 6.07) is 5.30. The standard InChI is InChI=1S/C15H15ClN4O2/c1-8(2)9-4-5-10(16)12-13(9)20(3)19-14(12)18-15(21)11-6-7-17-22-11/h4-8H,1-3H3,(H,18,19,21). The average molecular weight is 319 g/mol. The van der Waals surface area contributed by atoms with Crippen molar-refractivity contribution >= 4 is 34.2 Å². The molecule has 6 nitrogen and oxygen atoms in total. The molecule has 0 aliphatic heterocycles. The van der Waals surface area contributed by atoms with Gasteiger partial charge >= 0.3 is 0 Å². The number of anilines is 1. The van der Waals surface area contributed by atoms with Gasteiger partial charge in [-0.2, -0.15) is 5.10 Å².